The molecule has 1 aromatic carbocycles. The van der Waals surface area contributed by atoms with Crippen LogP contribution in [-0.4, -0.2) is 54.7 Å². The van der Waals surface area contributed by atoms with Gasteiger partial charge in [-0.15, -0.1) is 0 Å². The lowest BCUT2D eigenvalue weighted by Crippen LogP contribution is -2.41. The number of aryl methyl sites for hydroxylation is 1. The first-order chi connectivity index (χ1) is 11.5. The SMILES string of the molecule is Cn1ccc(NC(=O)c2ccccc2S(=O)(=O)N2CCOCC2)n1. The van der Waals surface area contributed by atoms with Crippen molar-refractivity contribution in [2.24, 2.45) is 7.05 Å². The first-order valence-electron chi connectivity index (χ1n) is 7.46. The highest BCUT2D eigenvalue weighted by atomic mass is 32.2. The van der Waals surface area contributed by atoms with Gasteiger partial charge in [-0.25, -0.2) is 8.42 Å². The molecule has 24 heavy (non-hydrogen) atoms. The van der Waals surface area contributed by atoms with Crippen LogP contribution in [0.4, 0.5) is 5.82 Å². The maximum atomic E-state index is 12.8. The highest BCUT2D eigenvalue weighted by Gasteiger charge is 2.30. The van der Waals surface area contributed by atoms with Crippen LogP contribution in [-0.2, 0) is 21.8 Å². The number of amides is 1. The molecule has 0 radical (unpaired) electrons. The van der Waals surface area contributed by atoms with Crippen molar-refractivity contribution in [3.05, 3.63) is 42.1 Å². The second-order valence-corrected chi connectivity index (χ2v) is 7.25. The minimum atomic E-state index is -3.76. The van der Waals surface area contributed by atoms with E-state index in [0.717, 1.165) is 0 Å². The lowest BCUT2D eigenvalue weighted by molar-refractivity contribution is 0.0730. The summed E-state index contributed by atoms with van der Waals surface area (Å²) in [6, 6.07) is 7.80. The second kappa shape index (κ2) is 6.71. The second-order valence-electron chi connectivity index (χ2n) is 5.34. The third-order valence-electron chi connectivity index (χ3n) is 3.67. The number of sulfonamides is 1. The molecule has 1 fully saturated rings. The van der Waals surface area contributed by atoms with Crippen LogP contribution in [0.5, 0.6) is 0 Å². The topological polar surface area (TPSA) is 93.5 Å². The van der Waals surface area contributed by atoms with Crippen LogP contribution in [0, 0.1) is 0 Å². The van der Waals surface area contributed by atoms with E-state index >= 15 is 0 Å². The smallest absolute Gasteiger partial charge is 0.258 e. The summed E-state index contributed by atoms with van der Waals surface area (Å²) in [5.41, 5.74) is 0.0923. The van der Waals surface area contributed by atoms with E-state index in [1.807, 2.05) is 0 Å². The number of nitrogens with zero attached hydrogens (tertiary/aromatic N) is 3. The highest BCUT2D eigenvalue weighted by molar-refractivity contribution is 7.89. The molecule has 2 heterocycles. The van der Waals surface area contributed by atoms with Crippen LogP contribution in [0.15, 0.2) is 41.4 Å². The van der Waals surface area contributed by atoms with Crippen LogP contribution >= 0.6 is 0 Å². The molecular formula is C15H18N4O4S. The molecule has 1 saturated heterocycles. The third kappa shape index (κ3) is 3.32. The summed E-state index contributed by atoms with van der Waals surface area (Å²) < 4.78 is 33.8. The molecule has 0 unspecified atom stereocenters. The molecule has 0 saturated carbocycles. The molecule has 1 aliphatic rings. The predicted molar refractivity (Wildman–Crippen MR) is 87.2 cm³/mol. The largest absolute Gasteiger partial charge is 0.379 e. The maximum Gasteiger partial charge on any atom is 0.258 e. The monoisotopic (exact) mass is 350 g/mol. The molecule has 3 rings (SSSR count). The molecule has 2 aromatic rings. The third-order valence-corrected chi connectivity index (χ3v) is 5.63. The summed E-state index contributed by atoms with van der Waals surface area (Å²) in [6.45, 7) is 1.25. The maximum absolute atomic E-state index is 12.8. The van der Waals surface area contributed by atoms with Crippen molar-refractivity contribution in [3.8, 4) is 0 Å². The number of carbonyl (C=O) groups is 1. The van der Waals surface area contributed by atoms with Gasteiger partial charge >= 0.3 is 0 Å². The van der Waals surface area contributed by atoms with E-state index in [4.69, 9.17) is 4.74 Å². The van der Waals surface area contributed by atoms with E-state index in [1.54, 1.807) is 36.1 Å². The number of nitrogens with one attached hydrogen (secondary N) is 1. The molecule has 0 atom stereocenters. The zero-order valence-electron chi connectivity index (χ0n) is 13.2. The molecule has 1 aliphatic heterocycles. The van der Waals surface area contributed by atoms with Gasteiger partial charge in [-0.2, -0.15) is 9.40 Å². The van der Waals surface area contributed by atoms with Gasteiger partial charge in [0.2, 0.25) is 10.0 Å². The van der Waals surface area contributed by atoms with Gasteiger partial charge in [0.05, 0.1) is 23.7 Å². The van der Waals surface area contributed by atoms with Gasteiger partial charge in [0.15, 0.2) is 5.82 Å². The number of aromatic nitrogens is 2. The van der Waals surface area contributed by atoms with E-state index < -0.39 is 15.9 Å². The summed E-state index contributed by atoms with van der Waals surface area (Å²) in [5, 5.41) is 6.68. The van der Waals surface area contributed by atoms with Gasteiger partial charge in [-0.05, 0) is 12.1 Å². The van der Waals surface area contributed by atoms with E-state index in [2.05, 4.69) is 10.4 Å². The molecule has 9 heteroatoms. The minimum absolute atomic E-state index is 0.0136. The van der Waals surface area contributed by atoms with Gasteiger partial charge < -0.3 is 10.1 Å². The number of hydrogen-bond donors (Lipinski definition) is 1. The first kappa shape index (κ1) is 16.6. The number of anilines is 1. The zero-order valence-corrected chi connectivity index (χ0v) is 14.0. The Morgan fingerprint density at radius 1 is 1.21 bits per heavy atom. The quantitative estimate of drug-likeness (QED) is 0.876. The molecule has 0 bridgehead atoms. The molecule has 0 spiro atoms. The van der Waals surface area contributed by atoms with Gasteiger partial charge in [-0.1, -0.05) is 12.1 Å². The predicted octanol–water partition coefficient (Wildman–Crippen LogP) is 0.693. The van der Waals surface area contributed by atoms with Crippen LogP contribution in [0.1, 0.15) is 10.4 Å². The number of benzene rings is 1. The number of ether oxygens (including phenoxy) is 1. The Bertz CT molecular complexity index is 841. The Labute approximate surface area is 140 Å². The Morgan fingerprint density at radius 3 is 2.58 bits per heavy atom. The molecule has 0 aliphatic carbocycles. The van der Waals surface area contributed by atoms with Crippen molar-refractivity contribution < 1.29 is 17.9 Å². The first-order valence-corrected chi connectivity index (χ1v) is 8.90. The number of carbonyl (C=O) groups excluding carboxylic acids is 1. The molecular weight excluding hydrogens is 332 g/mol. The minimum Gasteiger partial charge on any atom is -0.379 e. The average molecular weight is 350 g/mol. The normalized spacial score (nSPS) is 16.0. The average Bonchev–Trinajstić information content (AvgIpc) is 3.00. The fourth-order valence-electron chi connectivity index (χ4n) is 2.47. The summed E-state index contributed by atoms with van der Waals surface area (Å²) in [4.78, 5) is 12.5. The van der Waals surface area contributed by atoms with E-state index in [0.29, 0.717) is 19.0 Å². The van der Waals surface area contributed by atoms with Crippen molar-refractivity contribution in [3.63, 3.8) is 0 Å². The fourth-order valence-corrected chi connectivity index (χ4v) is 4.07. The number of hydrogen-bond acceptors (Lipinski definition) is 5. The molecule has 1 amide bonds. The summed E-state index contributed by atoms with van der Waals surface area (Å²) in [5.74, 6) is -0.151. The van der Waals surface area contributed by atoms with E-state index in [9.17, 15) is 13.2 Å². The highest BCUT2D eigenvalue weighted by Crippen LogP contribution is 2.22. The van der Waals surface area contributed by atoms with Gasteiger partial charge in [0.25, 0.3) is 5.91 Å². The van der Waals surface area contributed by atoms with Crippen molar-refractivity contribution in [2.75, 3.05) is 31.6 Å². The molecule has 1 N–H and O–H groups in total. The van der Waals surface area contributed by atoms with Crippen molar-refractivity contribution in [1.82, 2.24) is 14.1 Å². The molecule has 128 valence electrons. The fraction of sp³-hybridized carbons (Fsp3) is 0.333. The van der Waals surface area contributed by atoms with Gasteiger partial charge in [0, 0.05) is 32.4 Å². The lowest BCUT2D eigenvalue weighted by Gasteiger charge is -2.26. The number of rotatable bonds is 4. The molecule has 1 aromatic heterocycles. The number of morpholine rings is 1. The van der Waals surface area contributed by atoms with Crippen molar-refractivity contribution in [1.29, 1.82) is 0 Å². The van der Waals surface area contributed by atoms with Crippen molar-refractivity contribution in [2.45, 2.75) is 4.90 Å². The van der Waals surface area contributed by atoms with Crippen molar-refractivity contribution >= 4 is 21.7 Å². The Balaban J connectivity index is 1.91. The van der Waals surface area contributed by atoms with Gasteiger partial charge in [-0.3, -0.25) is 9.48 Å². The van der Waals surface area contributed by atoms with Crippen LogP contribution in [0.3, 0.4) is 0 Å². The van der Waals surface area contributed by atoms with Gasteiger partial charge in [0.1, 0.15) is 0 Å². The van der Waals surface area contributed by atoms with E-state index in [1.165, 1.54) is 16.4 Å². The standard InChI is InChI=1S/C15H18N4O4S/c1-18-7-6-14(17-18)16-15(20)12-4-2-3-5-13(12)24(21,22)19-8-10-23-11-9-19/h2-7H,8-11H2,1H3,(H,16,17,20). The lowest BCUT2D eigenvalue weighted by atomic mass is 10.2. The summed E-state index contributed by atoms with van der Waals surface area (Å²) >= 11 is 0. The Kier molecular flexibility index (Phi) is 4.65. The summed E-state index contributed by atoms with van der Waals surface area (Å²) in [6.07, 6.45) is 1.69. The Hall–Kier alpha value is -2.23. The van der Waals surface area contributed by atoms with Crippen LogP contribution < -0.4 is 5.32 Å². The zero-order chi connectivity index (χ0) is 17.2. The molecule has 8 nitrogen and oxygen atoms in total. The summed E-state index contributed by atoms with van der Waals surface area (Å²) in [7, 11) is -2.03. The van der Waals surface area contributed by atoms with Crippen LogP contribution in [0.2, 0.25) is 0 Å². The van der Waals surface area contributed by atoms with Crippen LogP contribution in [0.25, 0.3) is 0 Å². The Morgan fingerprint density at radius 2 is 1.92 bits per heavy atom. The van der Waals surface area contributed by atoms with E-state index in [-0.39, 0.29) is 23.5 Å².